The summed E-state index contributed by atoms with van der Waals surface area (Å²) < 4.78 is 1.91. The zero-order chi connectivity index (χ0) is 24.4. The fraction of sp³-hybridized carbons (Fsp3) is 0.280. The molecule has 178 valence electrons. The van der Waals surface area contributed by atoms with Gasteiger partial charge in [-0.25, -0.2) is 9.97 Å². The van der Waals surface area contributed by atoms with Crippen molar-refractivity contribution in [3.05, 3.63) is 71.4 Å². The lowest BCUT2D eigenvalue weighted by Crippen LogP contribution is -2.50. The summed E-state index contributed by atoms with van der Waals surface area (Å²) in [6, 6.07) is 13.0. The Labute approximate surface area is 206 Å². The van der Waals surface area contributed by atoms with Gasteiger partial charge in [-0.2, -0.15) is 0 Å². The van der Waals surface area contributed by atoms with Crippen LogP contribution in [0.4, 0.5) is 0 Å². The zero-order valence-electron chi connectivity index (χ0n) is 18.8. The molecule has 1 aliphatic rings. The number of carbonyl (C=O) groups is 2. The molecule has 10 heteroatoms. The van der Waals surface area contributed by atoms with Crippen LogP contribution in [0.15, 0.2) is 55.1 Å². The number of aryl methyl sites for hydroxylation is 1. The predicted octanol–water partition coefficient (Wildman–Crippen LogP) is 4.04. The van der Waals surface area contributed by atoms with Gasteiger partial charge in [-0.15, -0.1) is 10.2 Å². The number of aliphatic carboxylic acids is 1. The zero-order valence-corrected chi connectivity index (χ0v) is 19.6. The second-order valence-electron chi connectivity index (χ2n) is 8.60. The molecule has 1 N–H and O–H groups in total. The number of unbranched alkanes of at least 4 members (excludes halogenated alkanes) is 1. The van der Waals surface area contributed by atoms with E-state index in [2.05, 4.69) is 10.2 Å². The smallest absolute Gasteiger partial charge is 0.303 e. The van der Waals surface area contributed by atoms with E-state index in [4.69, 9.17) is 26.7 Å². The van der Waals surface area contributed by atoms with Crippen molar-refractivity contribution in [1.29, 1.82) is 0 Å². The van der Waals surface area contributed by atoms with Crippen molar-refractivity contribution in [2.75, 3.05) is 13.1 Å². The van der Waals surface area contributed by atoms with E-state index < -0.39 is 5.97 Å². The molecule has 0 spiro atoms. The minimum atomic E-state index is -0.812. The molecule has 0 aliphatic carbocycles. The summed E-state index contributed by atoms with van der Waals surface area (Å²) in [7, 11) is 0. The fourth-order valence-corrected chi connectivity index (χ4v) is 4.32. The maximum absolute atomic E-state index is 13.0. The van der Waals surface area contributed by atoms with Crippen LogP contribution in [-0.2, 0) is 11.2 Å². The largest absolute Gasteiger partial charge is 0.481 e. The van der Waals surface area contributed by atoms with Crippen molar-refractivity contribution in [3.8, 4) is 11.3 Å². The molecule has 35 heavy (non-hydrogen) atoms. The third-order valence-corrected chi connectivity index (χ3v) is 6.41. The second kappa shape index (κ2) is 9.79. The minimum Gasteiger partial charge on any atom is -0.481 e. The Morgan fingerprint density at radius 2 is 1.71 bits per heavy atom. The van der Waals surface area contributed by atoms with Gasteiger partial charge in [0.05, 0.1) is 28.5 Å². The van der Waals surface area contributed by atoms with Gasteiger partial charge in [0.15, 0.2) is 0 Å². The van der Waals surface area contributed by atoms with Crippen LogP contribution in [-0.4, -0.2) is 59.7 Å². The quantitative estimate of drug-likeness (QED) is 0.371. The van der Waals surface area contributed by atoms with Crippen molar-refractivity contribution in [2.24, 2.45) is 0 Å². The molecule has 1 amide bonds. The number of halogens is 1. The monoisotopic (exact) mass is 490 g/mol. The maximum atomic E-state index is 13.0. The molecule has 0 atom stereocenters. The van der Waals surface area contributed by atoms with E-state index >= 15 is 0 Å². The molecule has 9 nitrogen and oxygen atoms in total. The number of carboxylic acids is 1. The third-order valence-electron chi connectivity index (χ3n) is 6.16. The highest BCUT2D eigenvalue weighted by molar-refractivity contribution is 6.30. The average molecular weight is 491 g/mol. The molecule has 5 rings (SSSR count). The van der Waals surface area contributed by atoms with Crippen molar-refractivity contribution >= 4 is 34.5 Å². The van der Waals surface area contributed by atoms with Crippen molar-refractivity contribution < 1.29 is 14.7 Å². The van der Waals surface area contributed by atoms with Crippen LogP contribution in [0, 0.1) is 0 Å². The SMILES string of the molecule is O=C(O)CCCCc1nc2cc(C(=O)N3CC(n4cnnc4)C3)ccc2nc1-c1ccc(Cl)cc1. The molecule has 2 aromatic heterocycles. The Balaban J connectivity index is 1.40. The fourth-order valence-electron chi connectivity index (χ4n) is 4.20. The maximum Gasteiger partial charge on any atom is 0.303 e. The Bertz CT molecular complexity index is 1370. The number of benzene rings is 2. The molecule has 4 aromatic rings. The van der Waals surface area contributed by atoms with Gasteiger partial charge in [0.2, 0.25) is 0 Å². The number of carboxylic acid groups (broad SMARTS) is 1. The Hall–Kier alpha value is -3.85. The van der Waals surface area contributed by atoms with Gasteiger partial charge in [0.25, 0.3) is 5.91 Å². The van der Waals surface area contributed by atoms with Crippen molar-refractivity contribution in [1.82, 2.24) is 29.6 Å². The predicted molar refractivity (Wildman–Crippen MR) is 130 cm³/mol. The number of hydrogen-bond donors (Lipinski definition) is 1. The molecule has 1 saturated heterocycles. The first-order valence-corrected chi connectivity index (χ1v) is 11.8. The topological polar surface area (TPSA) is 114 Å². The normalized spacial score (nSPS) is 13.7. The lowest BCUT2D eigenvalue weighted by atomic mass is 10.0. The van der Waals surface area contributed by atoms with E-state index in [1.807, 2.05) is 22.8 Å². The molecule has 3 heterocycles. The molecule has 0 saturated carbocycles. The lowest BCUT2D eigenvalue weighted by molar-refractivity contribution is -0.137. The van der Waals surface area contributed by atoms with Crippen LogP contribution < -0.4 is 0 Å². The first-order chi connectivity index (χ1) is 17.0. The summed E-state index contributed by atoms with van der Waals surface area (Å²) in [6.07, 6.45) is 5.24. The third kappa shape index (κ3) is 5.00. The van der Waals surface area contributed by atoms with Crippen LogP contribution >= 0.6 is 11.6 Å². The molecule has 2 aromatic carbocycles. The molecule has 1 fully saturated rings. The Kier molecular flexibility index (Phi) is 6.41. The van der Waals surface area contributed by atoms with Gasteiger partial charge < -0.3 is 14.6 Å². The number of aromatic nitrogens is 5. The summed E-state index contributed by atoms with van der Waals surface area (Å²) in [5, 5.41) is 17.2. The number of hydrogen-bond acceptors (Lipinski definition) is 6. The van der Waals surface area contributed by atoms with Crippen LogP contribution in [0.25, 0.3) is 22.3 Å². The van der Waals surface area contributed by atoms with Gasteiger partial charge in [-0.05, 0) is 49.6 Å². The highest BCUT2D eigenvalue weighted by Gasteiger charge is 2.32. The first-order valence-electron chi connectivity index (χ1n) is 11.4. The lowest BCUT2D eigenvalue weighted by Gasteiger charge is -2.39. The highest BCUT2D eigenvalue weighted by atomic mass is 35.5. The van der Waals surface area contributed by atoms with E-state index in [1.165, 1.54) is 0 Å². The summed E-state index contributed by atoms with van der Waals surface area (Å²) in [4.78, 5) is 35.4. The number of likely N-dealkylation sites (tertiary alicyclic amines) is 1. The summed E-state index contributed by atoms with van der Waals surface area (Å²) >= 11 is 6.06. The van der Waals surface area contributed by atoms with Gasteiger partial charge in [0.1, 0.15) is 12.7 Å². The number of carbonyl (C=O) groups excluding carboxylic acids is 1. The van der Waals surface area contributed by atoms with Crippen LogP contribution in [0.3, 0.4) is 0 Å². The van der Waals surface area contributed by atoms with Crippen molar-refractivity contribution in [3.63, 3.8) is 0 Å². The Morgan fingerprint density at radius 1 is 0.971 bits per heavy atom. The minimum absolute atomic E-state index is 0.0530. The molecule has 0 bridgehead atoms. The highest BCUT2D eigenvalue weighted by Crippen LogP contribution is 2.28. The van der Waals surface area contributed by atoms with E-state index in [9.17, 15) is 9.59 Å². The van der Waals surface area contributed by atoms with E-state index in [1.54, 1.807) is 41.8 Å². The van der Waals surface area contributed by atoms with Crippen molar-refractivity contribution in [2.45, 2.75) is 31.7 Å². The van der Waals surface area contributed by atoms with E-state index in [0.717, 1.165) is 17.0 Å². The number of amides is 1. The number of fused-ring (bicyclic) bond motifs is 1. The molecular weight excluding hydrogens is 468 g/mol. The summed E-state index contributed by atoms with van der Waals surface area (Å²) in [5.74, 6) is -0.865. The number of rotatable bonds is 8. The summed E-state index contributed by atoms with van der Waals surface area (Å²) in [6.45, 7) is 1.20. The van der Waals surface area contributed by atoms with Gasteiger partial charge in [0, 0.05) is 35.7 Å². The average Bonchev–Trinajstić information content (AvgIpc) is 3.35. The second-order valence-corrected chi connectivity index (χ2v) is 9.04. The van der Waals surface area contributed by atoms with Crippen LogP contribution in [0.2, 0.25) is 5.02 Å². The number of nitrogens with zero attached hydrogens (tertiary/aromatic N) is 6. The summed E-state index contributed by atoms with van der Waals surface area (Å²) in [5.41, 5.74) is 4.28. The van der Waals surface area contributed by atoms with Gasteiger partial charge in [-0.3, -0.25) is 9.59 Å². The van der Waals surface area contributed by atoms with Gasteiger partial charge in [-0.1, -0.05) is 23.7 Å². The molecule has 1 aliphatic heterocycles. The van der Waals surface area contributed by atoms with E-state index in [0.29, 0.717) is 54.0 Å². The van der Waals surface area contributed by atoms with E-state index in [-0.39, 0.29) is 18.4 Å². The van der Waals surface area contributed by atoms with Crippen LogP contribution in [0.5, 0.6) is 0 Å². The molecule has 0 unspecified atom stereocenters. The molecular formula is C25H23ClN6O3. The standard InChI is InChI=1S/C25H23ClN6O3/c26-18-8-5-16(6-9-18)24-21(3-1-2-4-23(33)34)29-22-11-17(7-10-20(22)30-24)25(35)31-12-19(13-31)32-14-27-28-15-32/h5-11,14-15,19H,1-4,12-13H2,(H,33,34). The molecule has 0 radical (unpaired) electrons. The Morgan fingerprint density at radius 3 is 2.43 bits per heavy atom. The first kappa shape index (κ1) is 22.9. The van der Waals surface area contributed by atoms with Crippen LogP contribution in [0.1, 0.15) is 41.4 Å². The van der Waals surface area contributed by atoms with Gasteiger partial charge >= 0.3 is 5.97 Å².